The van der Waals surface area contributed by atoms with Crippen LogP contribution in [0.1, 0.15) is 6.92 Å². The van der Waals surface area contributed by atoms with Gasteiger partial charge in [-0.1, -0.05) is 0 Å². The highest BCUT2D eigenvalue weighted by molar-refractivity contribution is 9.11. The lowest BCUT2D eigenvalue weighted by atomic mass is 10.2. The summed E-state index contributed by atoms with van der Waals surface area (Å²) >= 11 is 5.11. The first-order chi connectivity index (χ1) is 8.72. The third-order valence-corrected chi connectivity index (χ3v) is 4.47. The van der Waals surface area contributed by atoms with Crippen molar-refractivity contribution in [3.8, 4) is 11.4 Å². The van der Waals surface area contributed by atoms with Crippen molar-refractivity contribution in [2.24, 2.45) is 0 Å². The molecule has 0 unspecified atom stereocenters. The average Bonchev–Trinajstić information content (AvgIpc) is 2.97. The molecule has 1 aliphatic heterocycles. The summed E-state index contributed by atoms with van der Waals surface area (Å²) in [6.45, 7) is 5.06. The summed E-state index contributed by atoms with van der Waals surface area (Å²) in [5, 5.41) is 12.8. The molecule has 3 rings (SSSR count). The van der Waals surface area contributed by atoms with Crippen molar-refractivity contribution in [2.45, 2.75) is 13.0 Å². The van der Waals surface area contributed by atoms with Crippen molar-refractivity contribution in [1.29, 1.82) is 0 Å². The van der Waals surface area contributed by atoms with E-state index in [9.17, 15) is 0 Å². The van der Waals surface area contributed by atoms with Crippen LogP contribution in [0, 0.1) is 0 Å². The van der Waals surface area contributed by atoms with Gasteiger partial charge in [0.1, 0.15) is 0 Å². The van der Waals surface area contributed by atoms with Gasteiger partial charge in [-0.3, -0.25) is 5.10 Å². The standard InChI is InChI=1S/C11H14BrN5S/c1-7-5-17(3-2-13-7)11-14-10(15-16-11)8-4-9(12)18-6-8/h4,6-7,13H,2-3,5H2,1H3,(H,14,15,16)/t7-/m1/s1. The highest BCUT2D eigenvalue weighted by Crippen LogP contribution is 2.27. The molecule has 0 saturated carbocycles. The fourth-order valence-electron chi connectivity index (χ4n) is 2.07. The Hall–Kier alpha value is -0.920. The van der Waals surface area contributed by atoms with Crippen LogP contribution in [0.3, 0.4) is 0 Å². The molecule has 3 heterocycles. The van der Waals surface area contributed by atoms with Gasteiger partial charge in [0.2, 0.25) is 5.95 Å². The first-order valence-corrected chi connectivity index (χ1v) is 7.55. The minimum Gasteiger partial charge on any atom is -0.337 e. The monoisotopic (exact) mass is 327 g/mol. The highest BCUT2D eigenvalue weighted by atomic mass is 79.9. The van der Waals surface area contributed by atoms with E-state index in [0.29, 0.717) is 6.04 Å². The number of hydrogen-bond acceptors (Lipinski definition) is 5. The van der Waals surface area contributed by atoms with Gasteiger partial charge < -0.3 is 10.2 Å². The molecule has 0 spiro atoms. The maximum absolute atomic E-state index is 4.57. The predicted octanol–water partition coefficient (Wildman–Crippen LogP) is 2.09. The third kappa shape index (κ3) is 2.43. The fourth-order valence-corrected chi connectivity index (χ4v) is 3.21. The number of H-pyrrole nitrogens is 1. The van der Waals surface area contributed by atoms with Crippen molar-refractivity contribution in [2.75, 3.05) is 24.5 Å². The number of hydrogen-bond donors (Lipinski definition) is 2. The molecule has 7 heteroatoms. The second kappa shape index (κ2) is 4.99. The molecule has 1 atom stereocenters. The number of nitrogens with one attached hydrogen (secondary N) is 2. The van der Waals surface area contributed by atoms with Gasteiger partial charge in [0, 0.05) is 36.6 Å². The van der Waals surface area contributed by atoms with E-state index in [2.05, 4.69) is 59.7 Å². The van der Waals surface area contributed by atoms with Gasteiger partial charge >= 0.3 is 0 Å². The molecule has 0 bridgehead atoms. The Labute approximate surface area is 118 Å². The van der Waals surface area contributed by atoms with Gasteiger partial charge in [0.05, 0.1) is 3.79 Å². The molecule has 2 aromatic heterocycles. The number of anilines is 1. The Bertz CT molecular complexity index is 537. The first kappa shape index (κ1) is 12.1. The number of nitrogens with zero attached hydrogens (tertiary/aromatic N) is 3. The highest BCUT2D eigenvalue weighted by Gasteiger charge is 2.19. The number of halogens is 1. The molecule has 2 N–H and O–H groups in total. The van der Waals surface area contributed by atoms with Crippen LogP contribution in [0.25, 0.3) is 11.4 Å². The van der Waals surface area contributed by atoms with Crippen LogP contribution in [0.15, 0.2) is 15.2 Å². The van der Waals surface area contributed by atoms with E-state index < -0.39 is 0 Å². The van der Waals surface area contributed by atoms with E-state index in [1.165, 1.54) is 0 Å². The lowest BCUT2D eigenvalue weighted by Crippen LogP contribution is -2.49. The molecule has 1 fully saturated rings. The predicted molar refractivity (Wildman–Crippen MR) is 77.1 cm³/mol. The lowest BCUT2D eigenvalue weighted by molar-refractivity contribution is 0.480. The van der Waals surface area contributed by atoms with Crippen molar-refractivity contribution < 1.29 is 0 Å². The molecular weight excluding hydrogens is 314 g/mol. The zero-order chi connectivity index (χ0) is 12.5. The Morgan fingerprint density at radius 2 is 2.44 bits per heavy atom. The fraction of sp³-hybridized carbons (Fsp3) is 0.455. The van der Waals surface area contributed by atoms with Crippen LogP contribution < -0.4 is 10.2 Å². The Balaban J connectivity index is 1.80. The van der Waals surface area contributed by atoms with Crippen molar-refractivity contribution in [1.82, 2.24) is 20.5 Å². The molecule has 0 amide bonds. The molecule has 0 aromatic carbocycles. The Kier molecular flexibility index (Phi) is 3.36. The molecule has 18 heavy (non-hydrogen) atoms. The quantitative estimate of drug-likeness (QED) is 0.886. The molecule has 0 radical (unpaired) electrons. The summed E-state index contributed by atoms with van der Waals surface area (Å²) in [5.74, 6) is 1.62. The molecule has 1 saturated heterocycles. The van der Waals surface area contributed by atoms with Gasteiger partial charge in [-0.25, -0.2) is 0 Å². The maximum atomic E-state index is 4.57. The number of rotatable bonds is 2. The Morgan fingerprint density at radius 1 is 1.56 bits per heavy atom. The van der Waals surface area contributed by atoms with E-state index in [1.807, 2.05) is 0 Å². The van der Waals surface area contributed by atoms with E-state index in [0.717, 1.165) is 40.8 Å². The molecule has 5 nitrogen and oxygen atoms in total. The van der Waals surface area contributed by atoms with Crippen LogP contribution >= 0.6 is 27.3 Å². The van der Waals surface area contributed by atoms with E-state index >= 15 is 0 Å². The lowest BCUT2D eigenvalue weighted by Gasteiger charge is -2.30. The second-order valence-electron chi connectivity index (χ2n) is 4.42. The number of aromatic nitrogens is 3. The Morgan fingerprint density at radius 3 is 3.17 bits per heavy atom. The zero-order valence-corrected chi connectivity index (χ0v) is 12.4. The van der Waals surface area contributed by atoms with Crippen LogP contribution in [-0.4, -0.2) is 40.9 Å². The van der Waals surface area contributed by atoms with Gasteiger partial charge in [-0.15, -0.1) is 16.4 Å². The molecule has 1 aliphatic rings. The average molecular weight is 328 g/mol. The SMILES string of the molecule is C[C@@H]1CN(c2n[nH]c(-c3csc(Br)c3)n2)CCN1. The zero-order valence-electron chi connectivity index (χ0n) is 9.98. The van der Waals surface area contributed by atoms with Gasteiger partial charge in [0.25, 0.3) is 0 Å². The maximum Gasteiger partial charge on any atom is 0.245 e. The number of thiophene rings is 1. The van der Waals surface area contributed by atoms with Gasteiger partial charge in [0.15, 0.2) is 5.82 Å². The summed E-state index contributed by atoms with van der Waals surface area (Å²) in [5.41, 5.74) is 1.08. The topological polar surface area (TPSA) is 56.8 Å². The van der Waals surface area contributed by atoms with E-state index in [4.69, 9.17) is 0 Å². The van der Waals surface area contributed by atoms with Crippen LogP contribution in [0.2, 0.25) is 0 Å². The molecule has 2 aromatic rings. The molecular formula is C11H14BrN5S. The van der Waals surface area contributed by atoms with Crippen LogP contribution in [0.5, 0.6) is 0 Å². The van der Waals surface area contributed by atoms with E-state index in [-0.39, 0.29) is 0 Å². The summed E-state index contributed by atoms with van der Waals surface area (Å²) in [4.78, 5) is 6.78. The van der Waals surface area contributed by atoms with E-state index in [1.54, 1.807) is 11.3 Å². The van der Waals surface area contributed by atoms with Crippen molar-refractivity contribution in [3.63, 3.8) is 0 Å². The van der Waals surface area contributed by atoms with Gasteiger partial charge in [-0.05, 0) is 28.9 Å². The summed E-state index contributed by atoms with van der Waals surface area (Å²) in [6.07, 6.45) is 0. The van der Waals surface area contributed by atoms with Crippen molar-refractivity contribution >= 4 is 33.2 Å². The van der Waals surface area contributed by atoms with Crippen LogP contribution in [0.4, 0.5) is 5.95 Å². The molecule has 96 valence electrons. The second-order valence-corrected chi connectivity index (χ2v) is 6.72. The summed E-state index contributed by atoms with van der Waals surface area (Å²) < 4.78 is 1.10. The third-order valence-electron chi connectivity index (χ3n) is 2.97. The van der Waals surface area contributed by atoms with Gasteiger partial charge in [-0.2, -0.15) is 4.98 Å². The van der Waals surface area contributed by atoms with Crippen molar-refractivity contribution in [3.05, 3.63) is 15.2 Å². The number of piperazine rings is 1. The first-order valence-electron chi connectivity index (χ1n) is 5.87. The largest absolute Gasteiger partial charge is 0.337 e. The minimum atomic E-state index is 0.482. The number of aromatic amines is 1. The van der Waals surface area contributed by atoms with Crippen LogP contribution in [-0.2, 0) is 0 Å². The summed E-state index contributed by atoms with van der Waals surface area (Å²) in [6, 6.07) is 2.53. The summed E-state index contributed by atoms with van der Waals surface area (Å²) in [7, 11) is 0. The normalized spacial score (nSPS) is 20.3. The smallest absolute Gasteiger partial charge is 0.245 e. The molecule has 0 aliphatic carbocycles. The minimum absolute atomic E-state index is 0.482.